The second kappa shape index (κ2) is 9.42. The van der Waals surface area contributed by atoms with Gasteiger partial charge in [0.2, 0.25) is 5.91 Å². The third-order valence-electron chi connectivity index (χ3n) is 5.22. The molecule has 4 amide bonds. The van der Waals surface area contributed by atoms with E-state index >= 15 is 0 Å². The average Bonchev–Trinajstić information content (AvgIpc) is 3.00. The number of hydrogen-bond acceptors (Lipinski definition) is 5. The van der Waals surface area contributed by atoms with E-state index in [1.54, 1.807) is 37.3 Å². The number of benzene rings is 2. The Kier molecular flexibility index (Phi) is 6.69. The number of rotatable bonds is 7. The lowest BCUT2D eigenvalue weighted by molar-refractivity contribution is -0.132. The van der Waals surface area contributed by atoms with Gasteiger partial charge in [-0.15, -0.1) is 0 Å². The highest BCUT2D eigenvalue weighted by Gasteiger charge is 2.34. The molecule has 0 unspecified atom stereocenters. The minimum Gasteiger partial charge on any atom is -0.481 e. The van der Waals surface area contributed by atoms with Crippen LogP contribution in [0.25, 0.3) is 0 Å². The molecule has 31 heavy (non-hydrogen) atoms. The van der Waals surface area contributed by atoms with Crippen molar-refractivity contribution in [2.45, 2.75) is 39.7 Å². The highest BCUT2D eigenvalue weighted by atomic mass is 16.5. The fourth-order valence-corrected chi connectivity index (χ4v) is 3.23. The summed E-state index contributed by atoms with van der Waals surface area (Å²) in [5.74, 6) is -1.02. The van der Waals surface area contributed by atoms with E-state index in [1.807, 2.05) is 26.0 Å². The van der Waals surface area contributed by atoms with E-state index in [0.29, 0.717) is 16.9 Å². The van der Waals surface area contributed by atoms with E-state index in [1.165, 1.54) is 0 Å². The summed E-state index contributed by atoms with van der Waals surface area (Å²) < 4.78 is 5.68. The average molecular weight is 423 g/mol. The van der Waals surface area contributed by atoms with E-state index in [-0.39, 0.29) is 31.2 Å². The second-order valence-corrected chi connectivity index (χ2v) is 7.41. The standard InChI is InChI=1S/C23H25N3O5/c1-14-8-6-11-19(15(14)2)31-16(3)21(28)25-24-20(27)12-7-13-26-22(29)17-9-4-5-10-18(17)23(26)30/h4-6,8-11,16H,7,12-13H2,1-3H3,(H,24,27)(H,25,28)/t16-/m0/s1. The Morgan fingerprint density at radius 1 is 0.968 bits per heavy atom. The van der Waals surface area contributed by atoms with Crippen LogP contribution in [0.3, 0.4) is 0 Å². The molecule has 0 aliphatic carbocycles. The molecular weight excluding hydrogens is 398 g/mol. The molecule has 3 rings (SSSR count). The summed E-state index contributed by atoms with van der Waals surface area (Å²) in [7, 11) is 0. The lowest BCUT2D eigenvalue weighted by Crippen LogP contribution is -2.47. The van der Waals surface area contributed by atoms with Crippen LogP contribution in [0.2, 0.25) is 0 Å². The minimum absolute atomic E-state index is 0.0416. The zero-order valence-corrected chi connectivity index (χ0v) is 17.7. The van der Waals surface area contributed by atoms with E-state index in [9.17, 15) is 19.2 Å². The number of fused-ring (bicyclic) bond motifs is 1. The van der Waals surface area contributed by atoms with Gasteiger partial charge >= 0.3 is 0 Å². The fraction of sp³-hybridized carbons (Fsp3) is 0.304. The number of nitrogens with one attached hydrogen (secondary N) is 2. The monoisotopic (exact) mass is 423 g/mol. The third kappa shape index (κ3) is 4.91. The van der Waals surface area contributed by atoms with Crippen molar-refractivity contribution in [3.63, 3.8) is 0 Å². The summed E-state index contributed by atoms with van der Waals surface area (Å²) in [4.78, 5) is 50.0. The predicted octanol–water partition coefficient (Wildman–Crippen LogP) is 2.29. The Morgan fingerprint density at radius 3 is 2.26 bits per heavy atom. The number of aryl methyl sites for hydroxylation is 1. The molecular formula is C23H25N3O5. The number of amides is 4. The van der Waals surface area contributed by atoms with Crippen molar-refractivity contribution in [1.29, 1.82) is 0 Å². The van der Waals surface area contributed by atoms with Crippen LogP contribution in [-0.4, -0.2) is 41.2 Å². The molecule has 0 saturated carbocycles. The SMILES string of the molecule is Cc1cccc(O[C@@H](C)C(=O)NNC(=O)CCCN2C(=O)c3ccccc3C2=O)c1C. The number of ether oxygens (including phenoxy) is 1. The summed E-state index contributed by atoms with van der Waals surface area (Å²) in [6.07, 6.45) is -0.485. The van der Waals surface area contributed by atoms with E-state index in [2.05, 4.69) is 10.9 Å². The van der Waals surface area contributed by atoms with Gasteiger partial charge in [0.15, 0.2) is 6.10 Å². The number of hydrogen-bond donors (Lipinski definition) is 2. The highest BCUT2D eigenvalue weighted by molar-refractivity contribution is 6.21. The Balaban J connectivity index is 1.41. The maximum Gasteiger partial charge on any atom is 0.279 e. The molecule has 162 valence electrons. The van der Waals surface area contributed by atoms with Crippen LogP contribution in [0, 0.1) is 13.8 Å². The summed E-state index contributed by atoms with van der Waals surface area (Å²) in [5.41, 5.74) is 7.42. The van der Waals surface area contributed by atoms with Gasteiger partial charge in [-0.05, 0) is 56.5 Å². The van der Waals surface area contributed by atoms with Gasteiger partial charge < -0.3 is 4.74 Å². The summed E-state index contributed by atoms with van der Waals surface area (Å²) in [6, 6.07) is 12.2. The summed E-state index contributed by atoms with van der Waals surface area (Å²) in [6.45, 7) is 5.58. The van der Waals surface area contributed by atoms with Crippen LogP contribution in [0.5, 0.6) is 5.75 Å². The van der Waals surface area contributed by atoms with E-state index < -0.39 is 17.9 Å². The third-order valence-corrected chi connectivity index (χ3v) is 5.22. The summed E-state index contributed by atoms with van der Waals surface area (Å²) in [5, 5.41) is 0. The molecule has 8 heteroatoms. The molecule has 1 aliphatic heterocycles. The molecule has 1 aliphatic rings. The first-order valence-corrected chi connectivity index (χ1v) is 10.1. The fourth-order valence-electron chi connectivity index (χ4n) is 3.23. The van der Waals surface area contributed by atoms with Crippen LogP contribution < -0.4 is 15.6 Å². The van der Waals surface area contributed by atoms with Crippen LogP contribution in [-0.2, 0) is 9.59 Å². The Hall–Kier alpha value is -3.68. The number of carbonyl (C=O) groups excluding carboxylic acids is 4. The predicted molar refractivity (Wildman–Crippen MR) is 113 cm³/mol. The molecule has 0 bridgehead atoms. The lowest BCUT2D eigenvalue weighted by Gasteiger charge is -2.17. The molecule has 8 nitrogen and oxygen atoms in total. The molecule has 0 fully saturated rings. The Labute approximate surface area is 180 Å². The van der Waals surface area contributed by atoms with Gasteiger partial charge in [-0.25, -0.2) is 0 Å². The molecule has 2 aromatic carbocycles. The largest absolute Gasteiger partial charge is 0.481 e. The topological polar surface area (TPSA) is 105 Å². The van der Waals surface area contributed by atoms with Crippen LogP contribution in [0.4, 0.5) is 0 Å². The van der Waals surface area contributed by atoms with Gasteiger partial charge in [-0.1, -0.05) is 24.3 Å². The van der Waals surface area contributed by atoms with Gasteiger partial charge in [0.1, 0.15) is 5.75 Å². The molecule has 1 atom stereocenters. The van der Waals surface area contributed by atoms with Crippen molar-refractivity contribution >= 4 is 23.6 Å². The van der Waals surface area contributed by atoms with Crippen molar-refractivity contribution in [3.05, 3.63) is 64.7 Å². The van der Waals surface area contributed by atoms with Crippen molar-refractivity contribution < 1.29 is 23.9 Å². The molecule has 0 saturated heterocycles. The maximum atomic E-state index is 12.3. The van der Waals surface area contributed by atoms with Crippen molar-refractivity contribution in [3.8, 4) is 5.75 Å². The Bertz CT molecular complexity index is 999. The van der Waals surface area contributed by atoms with Crippen LogP contribution in [0.15, 0.2) is 42.5 Å². The molecule has 1 heterocycles. The first-order chi connectivity index (χ1) is 14.8. The van der Waals surface area contributed by atoms with E-state index in [4.69, 9.17) is 4.74 Å². The Morgan fingerprint density at radius 2 is 1.61 bits per heavy atom. The molecule has 0 radical (unpaired) electrons. The molecule has 0 spiro atoms. The van der Waals surface area contributed by atoms with Gasteiger partial charge in [0, 0.05) is 13.0 Å². The molecule has 0 aromatic heterocycles. The first-order valence-electron chi connectivity index (χ1n) is 10.1. The number of carbonyl (C=O) groups is 4. The van der Waals surface area contributed by atoms with Gasteiger partial charge in [-0.3, -0.25) is 34.9 Å². The molecule has 2 aromatic rings. The second-order valence-electron chi connectivity index (χ2n) is 7.41. The lowest BCUT2D eigenvalue weighted by atomic mass is 10.1. The van der Waals surface area contributed by atoms with Crippen LogP contribution in [0.1, 0.15) is 51.6 Å². The quantitative estimate of drug-likeness (QED) is 0.525. The zero-order valence-electron chi connectivity index (χ0n) is 17.7. The number of nitrogens with zero attached hydrogens (tertiary/aromatic N) is 1. The van der Waals surface area contributed by atoms with Crippen molar-refractivity contribution in [1.82, 2.24) is 15.8 Å². The zero-order chi connectivity index (χ0) is 22.5. The summed E-state index contributed by atoms with van der Waals surface area (Å²) >= 11 is 0. The van der Waals surface area contributed by atoms with Crippen molar-refractivity contribution in [2.24, 2.45) is 0 Å². The van der Waals surface area contributed by atoms with Crippen molar-refractivity contribution in [2.75, 3.05) is 6.54 Å². The smallest absolute Gasteiger partial charge is 0.279 e. The highest BCUT2D eigenvalue weighted by Crippen LogP contribution is 2.23. The number of hydrazine groups is 1. The normalized spacial score (nSPS) is 13.6. The van der Waals surface area contributed by atoms with Gasteiger partial charge in [0.05, 0.1) is 11.1 Å². The minimum atomic E-state index is -0.806. The van der Waals surface area contributed by atoms with Gasteiger partial charge in [0.25, 0.3) is 17.7 Å². The number of imide groups is 1. The maximum absolute atomic E-state index is 12.3. The van der Waals surface area contributed by atoms with E-state index in [0.717, 1.165) is 16.0 Å². The first kappa shape index (κ1) is 22.0. The van der Waals surface area contributed by atoms with Gasteiger partial charge in [-0.2, -0.15) is 0 Å². The molecule has 2 N–H and O–H groups in total. The van der Waals surface area contributed by atoms with Crippen LogP contribution >= 0.6 is 0 Å².